The molecule has 1 aliphatic heterocycles. The third-order valence-electron chi connectivity index (χ3n) is 7.76. The van der Waals surface area contributed by atoms with Crippen LogP contribution in [0.3, 0.4) is 0 Å². The second-order valence-corrected chi connectivity index (χ2v) is 10.2. The largest absolute Gasteiger partial charge is 0.454 e. The summed E-state index contributed by atoms with van der Waals surface area (Å²) < 4.78 is 11.1. The predicted molar refractivity (Wildman–Crippen MR) is 146 cm³/mol. The lowest BCUT2D eigenvalue weighted by molar-refractivity contribution is 0.174. The summed E-state index contributed by atoms with van der Waals surface area (Å²) in [5.74, 6) is 3.34. The van der Waals surface area contributed by atoms with Gasteiger partial charge in [-0.3, -0.25) is 0 Å². The first-order valence-corrected chi connectivity index (χ1v) is 13.0. The van der Waals surface area contributed by atoms with Crippen molar-refractivity contribution in [1.82, 2.24) is 10.2 Å². The Morgan fingerprint density at radius 3 is 2.51 bits per heavy atom. The minimum Gasteiger partial charge on any atom is -0.454 e. The van der Waals surface area contributed by atoms with Gasteiger partial charge in [-0.15, -0.1) is 0 Å². The minimum absolute atomic E-state index is 0.305. The molecular weight excluding hydrogens is 452 g/mol. The van der Waals surface area contributed by atoms with Crippen LogP contribution in [0.2, 0.25) is 0 Å². The van der Waals surface area contributed by atoms with Crippen LogP contribution < -0.4 is 14.8 Å². The summed E-state index contributed by atoms with van der Waals surface area (Å²) in [4.78, 5) is 2.19. The topological polar surface area (TPSA) is 33.7 Å². The molecule has 182 valence electrons. The molecule has 3 atom stereocenters. The predicted octanol–water partition coefficient (Wildman–Crippen LogP) is 6.36. The SMILES string of the molecule is CC1c2cc(-c3ccc4c(c3)OCO4)ccc2C(CCN(C)C(=S)NCCc2ccccc2)[C@@H]1C. The van der Waals surface area contributed by atoms with Crippen molar-refractivity contribution in [2.45, 2.75) is 38.5 Å². The Kier molecular flexibility index (Phi) is 6.96. The molecule has 3 aromatic rings. The summed E-state index contributed by atoms with van der Waals surface area (Å²) in [7, 11) is 2.10. The number of benzene rings is 3. The summed E-state index contributed by atoms with van der Waals surface area (Å²) in [6.45, 7) is 6.87. The molecule has 0 radical (unpaired) electrons. The van der Waals surface area contributed by atoms with Gasteiger partial charge in [-0.2, -0.15) is 0 Å². The van der Waals surface area contributed by atoms with Gasteiger partial charge in [0.25, 0.3) is 0 Å². The molecule has 0 aromatic heterocycles. The van der Waals surface area contributed by atoms with Crippen LogP contribution in [0.4, 0.5) is 0 Å². The first kappa shape index (κ1) is 23.7. The molecule has 0 spiro atoms. The zero-order valence-electron chi connectivity index (χ0n) is 20.8. The van der Waals surface area contributed by atoms with Crippen LogP contribution >= 0.6 is 12.2 Å². The van der Waals surface area contributed by atoms with Crippen molar-refractivity contribution in [1.29, 1.82) is 0 Å². The maximum Gasteiger partial charge on any atom is 0.231 e. The summed E-state index contributed by atoms with van der Waals surface area (Å²) in [5.41, 5.74) is 6.71. The van der Waals surface area contributed by atoms with Crippen LogP contribution in [0.5, 0.6) is 11.5 Å². The van der Waals surface area contributed by atoms with Crippen molar-refractivity contribution >= 4 is 17.3 Å². The van der Waals surface area contributed by atoms with Gasteiger partial charge in [0, 0.05) is 20.1 Å². The van der Waals surface area contributed by atoms with E-state index in [-0.39, 0.29) is 0 Å². The lowest BCUT2D eigenvalue weighted by Crippen LogP contribution is -2.39. The van der Waals surface area contributed by atoms with Gasteiger partial charge in [0.05, 0.1) is 0 Å². The molecular formula is C30H34N2O2S. The van der Waals surface area contributed by atoms with Gasteiger partial charge in [0.1, 0.15) is 0 Å². The fourth-order valence-electron chi connectivity index (χ4n) is 5.42. The molecule has 0 saturated carbocycles. The smallest absolute Gasteiger partial charge is 0.231 e. The summed E-state index contributed by atoms with van der Waals surface area (Å²) >= 11 is 5.66. The van der Waals surface area contributed by atoms with E-state index in [4.69, 9.17) is 21.7 Å². The molecule has 1 aliphatic carbocycles. The van der Waals surface area contributed by atoms with E-state index in [0.717, 1.165) is 42.5 Å². The van der Waals surface area contributed by atoms with Crippen molar-refractivity contribution in [2.24, 2.45) is 5.92 Å². The summed E-state index contributed by atoms with van der Waals surface area (Å²) in [6, 6.07) is 23.7. The lowest BCUT2D eigenvalue weighted by atomic mass is 9.87. The van der Waals surface area contributed by atoms with E-state index in [1.807, 2.05) is 6.07 Å². The molecule has 0 amide bonds. The standard InChI is InChI=1S/C30H34N2O2S/c1-20-21(2)27-17-23(24-10-12-28-29(18-24)34-19-33-28)9-11-26(27)25(20)14-16-32(3)30(35)31-15-13-22-7-5-4-6-8-22/h4-12,17-18,20-21,25H,13-16,19H2,1-3H3,(H,31,35)/t20-,21?,25?/m1/s1. The van der Waals surface area contributed by atoms with Crippen LogP contribution in [0.1, 0.15) is 48.8 Å². The molecule has 1 heterocycles. The van der Waals surface area contributed by atoms with Crippen LogP contribution in [-0.2, 0) is 6.42 Å². The molecule has 1 N–H and O–H groups in total. The number of nitrogens with zero attached hydrogens (tertiary/aromatic N) is 1. The first-order valence-electron chi connectivity index (χ1n) is 12.6. The molecule has 3 aromatic carbocycles. The van der Waals surface area contributed by atoms with E-state index < -0.39 is 0 Å². The maximum atomic E-state index is 5.66. The lowest BCUT2D eigenvalue weighted by Gasteiger charge is -2.25. The average Bonchev–Trinajstić information content (AvgIpc) is 3.45. The highest BCUT2D eigenvalue weighted by Crippen LogP contribution is 2.49. The molecule has 2 aliphatic rings. The Bertz CT molecular complexity index is 1200. The normalized spacial score (nSPS) is 19.9. The van der Waals surface area contributed by atoms with Crippen molar-refractivity contribution in [3.63, 3.8) is 0 Å². The molecule has 35 heavy (non-hydrogen) atoms. The van der Waals surface area contributed by atoms with Crippen LogP contribution in [-0.4, -0.2) is 36.9 Å². The highest BCUT2D eigenvalue weighted by molar-refractivity contribution is 7.80. The second kappa shape index (κ2) is 10.3. The van der Waals surface area contributed by atoms with Gasteiger partial charge in [0.2, 0.25) is 6.79 Å². The number of hydrogen-bond donors (Lipinski definition) is 1. The Labute approximate surface area is 214 Å². The van der Waals surface area contributed by atoms with E-state index in [1.54, 1.807) is 0 Å². The van der Waals surface area contributed by atoms with Crippen LogP contribution in [0.15, 0.2) is 66.7 Å². The second-order valence-electron chi connectivity index (χ2n) is 9.84. The van der Waals surface area contributed by atoms with Gasteiger partial charge >= 0.3 is 0 Å². The van der Waals surface area contributed by atoms with E-state index in [2.05, 4.69) is 91.8 Å². The maximum absolute atomic E-state index is 5.66. The molecule has 5 heteroatoms. The third kappa shape index (κ3) is 5.01. The van der Waals surface area contributed by atoms with Gasteiger partial charge in [-0.25, -0.2) is 0 Å². The fourth-order valence-corrected chi connectivity index (χ4v) is 5.62. The number of rotatable bonds is 7. The highest BCUT2D eigenvalue weighted by Gasteiger charge is 2.35. The van der Waals surface area contributed by atoms with E-state index in [1.165, 1.54) is 27.8 Å². The van der Waals surface area contributed by atoms with Crippen LogP contribution in [0, 0.1) is 5.92 Å². The van der Waals surface area contributed by atoms with Gasteiger partial charge in [-0.05, 0) is 82.8 Å². The Morgan fingerprint density at radius 2 is 1.69 bits per heavy atom. The van der Waals surface area contributed by atoms with Crippen molar-refractivity contribution in [3.8, 4) is 22.6 Å². The molecule has 2 unspecified atom stereocenters. The quantitative estimate of drug-likeness (QED) is 0.393. The first-order chi connectivity index (χ1) is 17.0. The number of thiocarbonyl (C=S) groups is 1. The fraction of sp³-hybridized carbons (Fsp3) is 0.367. The minimum atomic E-state index is 0.305. The molecule has 0 bridgehead atoms. The zero-order valence-corrected chi connectivity index (χ0v) is 21.6. The number of fused-ring (bicyclic) bond motifs is 2. The zero-order chi connectivity index (χ0) is 24.4. The van der Waals surface area contributed by atoms with Crippen molar-refractivity contribution < 1.29 is 9.47 Å². The average molecular weight is 487 g/mol. The molecule has 4 nitrogen and oxygen atoms in total. The van der Waals surface area contributed by atoms with E-state index in [9.17, 15) is 0 Å². The Hall–Kier alpha value is -3.05. The van der Waals surface area contributed by atoms with Gasteiger partial charge in [0.15, 0.2) is 16.6 Å². The number of hydrogen-bond acceptors (Lipinski definition) is 3. The van der Waals surface area contributed by atoms with Crippen LogP contribution in [0.25, 0.3) is 11.1 Å². The van der Waals surface area contributed by atoms with Crippen molar-refractivity contribution in [3.05, 3.63) is 83.4 Å². The van der Waals surface area contributed by atoms with Crippen molar-refractivity contribution in [2.75, 3.05) is 26.9 Å². The third-order valence-corrected chi connectivity index (χ3v) is 8.22. The Morgan fingerprint density at radius 1 is 0.943 bits per heavy atom. The monoisotopic (exact) mass is 486 g/mol. The molecule has 5 rings (SSSR count). The highest BCUT2D eigenvalue weighted by atomic mass is 32.1. The van der Waals surface area contributed by atoms with E-state index >= 15 is 0 Å². The van der Waals surface area contributed by atoms with Gasteiger partial charge < -0.3 is 19.7 Å². The number of nitrogens with one attached hydrogen (secondary N) is 1. The molecule has 0 saturated heterocycles. The van der Waals surface area contributed by atoms with Gasteiger partial charge in [-0.1, -0.05) is 68.4 Å². The molecule has 0 fully saturated rings. The summed E-state index contributed by atoms with van der Waals surface area (Å²) in [5, 5.41) is 4.26. The Balaban J connectivity index is 1.21. The number of ether oxygens (including phenoxy) is 2. The van der Waals surface area contributed by atoms with E-state index in [0.29, 0.717) is 24.5 Å². The summed E-state index contributed by atoms with van der Waals surface area (Å²) in [6.07, 6.45) is 2.07.